The standard InChI is InChI=1S/C17H36N2O/c1-5-17(14-20,18-4)10-7-12-19-11-6-8-16(9-13-19)15(2)3/h15-16,18,20H,5-14H2,1-4H3. The second kappa shape index (κ2) is 9.01. The van der Waals surface area contributed by atoms with Crippen LogP contribution in [0.15, 0.2) is 0 Å². The Bertz CT molecular complexity index is 243. The van der Waals surface area contributed by atoms with E-state index in [0.29, 0.717) is 0 Å². The van der Waals surface area contributed by atoms with E-state index in [1.165, 1.54) is 45.3 Å². The highest BCUT2D eigenvalue weighted by molar-refractivity contribution is 4.85. The molecule has 0 spiro atoms. The number of nitrogens with one attached hydrogen (secondary N) is 1. The Labute approximate surface area is 126 Å². The van der Waals surface area contributed by atoms with E-state index in [9.17, 15) is 5.11 Å². The van der Waals surface area contributed by atoms with Gasteiger partial charge in [0.2, 0.25) is 0 Å². The summed E-state index contributed by atoms with van der Waals surface area (Å²) in [7, 11) is 1.97. The Hall–Kier alpha value is -0.120. The maximum Gasteiger partial charge on any atom is 0.0613 e. The monoisotopic (exact) mass is 284 g/mol. The Morgan fingerprint density at radius 3 is 2.60 bits per heavy atom. The molecule has 0 aromatic rings. The van der Waals surface area contributed by atoms with Gasteiger partial charge in [-0.2, -0.15) is 0 Å². The van der Waals surface area contributed by atoms with Gasteiger partial charge in [0.25, 0.3) is 0 Å². The Balaban J connectivity index is 2.31. The lowest BCUT2D eigenvalue weighted by molar-refractivity contribution is 0.145. The summed E-state index contributed by atoms with van der Waals surface area (Å²) in [5, 5.41) is 12.9. The van der Waals surface area contributed by atoms with Gasteiger partial charge in [0.15, 0.2) is 0 Å². The highest BCUT2D eigenvalue weighted by atomic mass is 16.3. The molecule has 2 N–H and O–H groups in total. The van der Waals surface area contributed by atoms with Crippen molar-refractivity contribution in [3.63, 3.8) is 0 Å². The topological polar surface area (TPSA) is 35.5 Å². The molecule has 0 bridgehead atoms. The van der Waals surface area contributed by atoms with E-state index in [1.807, 2.05) is 7.05 Å². The first-order valence-electron chi connectivity index (χ1n) is 8.59. The second-order valence-electron chi connectivity index (χ2n) is 6.92. The van der Waals surface area contributed by atoms with Gasteiger partial charge in [-0.05, 0) is 77.0 Å². The highest BCUT2D eigenvalue weighted by Gasteiger charge is 2.25. The van der Waals surface area contributed by atoms with E-state index in [0.717, 1.165) is 24.7 Å². The van der Waals surface area contributed by atoms with Crippen LogP contribution >= 0.6 is 0 Å². The quantitative estimate of drug-likeness (QED) is 0.719. The molecule has 1 fully saturated rings. The van der Waals surface area contributed by atoms with Crippen LogP contribution in [0.1, 0.15) is 59.3 Å². The molecule has 20 heavy (non-hydrogen) atoms. The lowest BCUT2D eigenvalue weighted by Gasteiger charge is -2.31. The zero-order valence-electron chi connectivity index (χ0n) is 14.1. The van der Waals surface area contributed by atoms with Gasteiger partial charge < -0.3 is 15.3 Å². The summed E-state index contributed by atoms with van der Waals surface area (Å²) in [5.41, 5.74) is -0.0632. The minimum atomic E-state index is -0.0632. The molecule has 1 rings (SSSR count). The lowest BCUT2D eigenvalue weighted by Crippen LogP contribution is -2.46. The van der Waals surface area contributed by atoms with Gasteiger partial charge in [0, 0.05) is 5.54 Å². The first-order valence-corrected chi connectivity index (χ1v) is 8.59. The molecule has 0 radical (unpaired) electrons. The van der Waals surface area contributed by atoms with Crippen LogP contribution in [0.25, 0.3) is 0 Å². The predicted octanol–water partition coefficient (Wildman–Crippen LogP) is 2.89. The molecule has 1 saturated heterocycles. The second-order valence-corrected chi connectivity index (χ2v) is 6.92. The molecule has 2 unspecified atom stereocenters. The minimum absolute atomic E-state index is 0.0632. The van der Waals surface area contributed by atoms with Crippen LogP contribution in [0.3, 0.4) is 0 Å². The smallest absolute Gasteiger partial charge is 0.0613 e. The SMILES string of the molecule is CCC(CO)(CCCN1CCCC(C(C)C)CC1)NC. The van der Waals surface area contributed by atoms with Crippen molar-refractivity contribution in [3.05, 3.63) is 0 Å². The van der Waals surface area contributed by atoms with Gasteiger partial charge >= 0.3 is 0 Å². The average molecular weight is 284 g/mol. The molecule has 1 aliphatic rings. The normalized spacial score (nSPS) is 24.6. The molecule has 0 saturated carbocycles. The third kappa shape index (κ3) is 5.34. The largest absolute Gasteiger partial charge is 0.394 e. The number of hydrogen-bond acceptors (Lipinski definition) is 3. The Morgan fingerprint density at radius 2 is 2.05 bits per heavy atom. The van der Waals surface area contributed by atoms with Crippen molar-refractivity contribution in [2.24, 2.45) is 11.8 Å². The van der Waals surface area contributed by atoms with Crippen LogP contribution in [0, 0.1) is 11.8 Å². The van der Waals surface area contributed by atoms with Crippen molar-refractivity contribution in [2.75, 3.05) is 33.3 Å². The summed E-state index contributed by atoms with van der Waals surface area (Å²) in [5.74, 6) is 1.76. The van der Waals surface area contributed by atoms with Crippen molar-refractivity contribution < 1.29 is 5.11 Å². The van der Waals surface area contributed by atoms with Crippen molar-refractivity contribution in [1.82, 2.24) is 10.2 Å². The fourth-order valence-electron chi connectivity index (χ4n) is 3.46. The third-order valence-electron chi connectivity index (χ3n) is 5.45. The number of rotatable bonds is 8. The molecule has 0 aliphatic carbocycles. The first kappa shape index (κ1) is 17.9. The van der Waals surface area contributed by atoms with Gasteiger partial charge in [-0.25, -0.2) is 0 Å². The Morgan fingerprint density at radius 1 is 1.30 bits per heavy atom. The van der Waals surface area contributed by atoms with Crippen molar-refractivity contribution >= 4 is 0 Å². The predicted molar refractivity (Wildman–Crippen MR) is 87.0 cm³/mol. The van der Waals surface area contributed by atoms with Crippen LogP contribution in [-0.2, 0) is 0 Å². The molecule has 1 aliphatic heterocycles. The molecule has 0 amide bonds. The Kier molecular flexibility index (Phi) is 8.08. The first-order chi connectivity index (χ1) is 9.56. The molecule has 3 heteroatoms. The van der Waals surface area contributed by atoms with Crippen LogP contribution in [-0.4, -0.2) is 48.8 Å². The third-order valence-corrected chi connectivity index (χ3v) is 5.45. The highest BCUT2D eigenvalue weighted by Crippen LogP contribution is 2.25. The zero-order valence-corrected chi connectivity index (χ0v) is 14.1. The maximum atomic E-state index is 9.58. The summed E-state index contributed by atoms with van der Waals surface area (Å²) in [6, 6.07) is 0. The minimum Gasteiger partial charge on any atom is -0.394 e. The molecule has 1 heterocycles. The van der Waals surface area contributed by atoms with Crippen LogP contribution in [0.5, 0.6) is 0 Å². The molecule has 0 aromatic carbocycles. The van der Waals surface area contributed by atoms with E-state index < -0.39 is 0 Å². The van der Waals surface area contributed by atoms with Crippen LogP contribution in [0.4, 0.5) is 0 Å². The summed E-state index contributed by atoms with van der Waals surface area (Å²) in [4.78, 5) is 2.63. The molecular formula is C17H36N2O. The van der Waals surface area contributed by atoms with Crippen LogP contribution in [0.2, 0.25) is 0 Å². The zero-order chi connectivity index (χ0) is 15.0. The number of aliphatic hydroxyl groups excluding tert-OH is 1. The van der Waals surface area contributed by atoms with E-state index in [1.54, 1.807) is 0 Å². The van der Waals surface area contributed by atoms with Crippen molar-refractivity contribution in [3.8, 4) is 0 Å². The molecular weight excluding hydrogens is 248 g/mol. The summed E-state index contributed by atoms with van der Waals surface area (Å²) in [6.07, 6.45) is 7.37. The number of nitrogens with zero attached hydrogens (tertiary/aromatic N) is 1. The molecule has 0 aromatic heterocycles. The van der Waals surface area contributed by atoms with Gasteiger partial charge in [-0.1, -0.05) is 20.8 Å². The number of aliphatic hydroxyl groups is 1. The lowest BCUT2D eigenvalue weighted by atomic mass is 9.89. The van der Waals surface area contributed by atoms with Gasteiger partial charge in [-0.3, -0.25) is 0 Å². The summed E-state index contributed by atoms with van der Waals surface area (Å²) in [6.45, 7) is 10.9. The van der Waals surface area contributed by atoms with Crippen molar-refractivity contribution in [2.45, 2.75) is 64.8 Å². The van der Waals surface area contributed by atoms with E-state index >= 15 is 0 Å². The number of likely N-dealkylation sites (tertiary alicyclic amines) is 1. The molecule has 120 valence electrons. The molecule has 3 nitrogen and oxygen atoms in total. The van der Waals surface area contributed by atoms with Gasteiger partial charge in [-0.15, -0.1) is 0 Å². The van der Waals surface area contributed by atoms with E-state index in [2.05, 4.69) is 31.0 Å². The fraction of sp³-hybridized carbons (Fsp3) is 1.00. The summed E-state index contributed by atoms with van der Waals surface area (Å²) >= 11 is 0. The van der Waals surface area contributed by atoms with Gasteiger partial charge in [0.05, 0.1) is 6.61 Å². The average Bonchev–Trinajstić information content (AvgIpc) is 2.70. The molecule has 2 atom stereocenters. The van der Waals surface area contributed by atoms with E-state index in [-0.39, 0.29) is 12.1 Å². The van der Waals surface area contributed by atoms with Crippen LogP contribution < -0.4 is 5.32 Å². The fourth-order valence-corrected chi connectivity index (χ4v) is 3.46. The maximum absolute atomic E-state index is 9.58. The van der Waals surface area contributed by atoms with Crippen molar-refractivity contribution in [1.29, 1.82) is 0 Å². The number of hydrogen-bond donors (Lipinski definition) is 2. The van der Waals surface area contributed by atoms with E-state index in [4.69, 9.17) is 0 Å². The number of likely N-dealkylation sites (N-methyl/N-ethyl adjacent to an activating group) is 1. The van der Waals surface area contributed by atoms with Gasteiger partial charge in [0.1, 0.15) is 0 Å². The summed E-state index contributed by atoms with van der Waals surface area (Å²) < 4.78 is 0.